The molecule has 0 unspecified atom stereocenters. The van der Waals surface area contributed by atoms with Gasteiger partial charge in [-0.05, 0) is 35.7 Å². The molecule has 0 fully saturated rings. The van der Waals surface area contributed by atoms with E-state index < -0.39 is 0 Å². The first-order chi connectivity index (χ1) is 10.6. The second-order valence-corrected chi connectivity index (χ2v) is 5.48. The van der Waals surface area contributed by atoms with Crippen LogP contribution in [0.15, 0.2) is 48.5 Å². The van der Waals surface area contributed by atoms with E-state index in [4.69, 9.17) is 0 Å². The lowest BCUT2D eigenvalue weighted by molar-refractivity contribution is -0.115. The summed E-state index contributed by atoms with van der Waals surface area (Å²) >= 11 is 0. The Morgan fingerprint density at radius 1 is 1.09 bits per heavy atom. The van der Waals surface area contributed by atoms with Crippen LogP contribution in [-0.2, 0) is 4.79 Å². The number of amides is 1. The molecule has 0 saturated heterocycles. The molecule has 0 aliphatic heterocycles. The van der Waals surface area contributed by atoms with E-state index in [0.717, 1.165) is 5.69 Å². The molecule has 0 saturated carbocycles. The number of hydrogen-bond acceptors (Lipinski definition) is 2. The molecule has 0 aromatic heterocycles. The summed E-state index contributed by atoms with van der Waals surface area (Å²) in [5, 5.41) is 5.75. The smallest absolute Gasteiger partial charge is 0.226 e. The lowest BCUT2D eigenvalue weighted by Crippen LogP contribution is -2.16. The van der Waals surface area contributed by atoms with Gasteiger partial charge in [0.25, 0.3) is 0 Å². The average Bonchev–Trinajstić information content (AvgIpc) is 2.50. The lowest BCUT2D eigenvalue weighted by atomic mass is 10.0. The molecular formula is C18H21FN2O. The van der Waals surface area contributed by atoms with Crippen molar-refractivity contribution in [3.8, 4) is 0 Å². The normalized spacial score (nSPS) is 10.5. The van der Waals surface area contributed by atoms with Crippen LogP contribution in [0.4, 0.5) is 15.8 Å². The summed E-state index contributed by atoms with van der Waals surface area (Å²) in [6.45, 7) is 4.64. The van der Waals surface area contributed by atoms with Crippen LogP contribution in [0.25, 0.3) is 0 Å². The topological polar surface area (TPSA) is 41.1 Å². The minimum absolute atomic E-state index is 0.0962. The molecule has 0 atom stereocenters. The highest BCUT2D eigenvalue weighted by molar-refractivity contribution is 5.91. The van der Waals surface area contributed by atoms with Crippen LogP contribution in [0, 0.1) is 5.82 Å². The second-order valence-electron chi connectivity index (χ2n) is 5.48. The van der Waals surface area contributed by atoms with Crippen molar-refractivity contribution < 1.29 is 9.18 Å². The Hall–Kier alpha value is -2.36. The molecule has 2 aromatic rings. The van der Waals surface area contributed by atoms with Gasteiger partial charge in [-0.1, -0.05) is 38.1 Å². The number of anilines is 2. The molecule has 22 heavy (non-hydrogen) atoms. The molecule has 116 valence electrons. The Balaban J connectivity index is 1.79. The first kappa shape index (κ1) is 16.0. The van der Waals surface area contributed by atoms with Gasteiger partial charge in [-0.3, -0.25) is 4.79 Å². The van der Waals surface area contributed by atoms with Crippen molar-refractivity contribution in [1.82, 2.24) is 0 Å². The van der Waals surface area contributed by atoms with Gasteiger partial charge in [-0.2, -0.15) is 0 Å². The van der Waals surface area contributed by atoms with Crippen LogP contribution in [0.3, 0.4) is 0 Å². The number of carbonyl (C=O) groups is 1. The fraction of sp³-hybridized carbons (Fsp3) is 0.278. The largest absolute Gasteiger partial charge is 0.382 e. The maximum atomic E-state index is 13.4. The van der Waals surface area contributed by atoms with Crippen molar-refractivity contribution in [3.63, 3.8) is 0 Å². The van der Waals surface area contributed by atoms with Crippen molar-refractivity contribution in [3.05, 3.63) is 59.9 Å². The maximum Gasteiger partial charge on any atom is 0.226 e. The molecule has 0 bridgehead atoms. The van der Waals surface area contributed by atoms with Gasteiger partial charge in [0.15, 0.2) is 0 Å². The van der Waals surface area contributed by atoms with Gasteiger partial charge in [-0.25, -0.2) is 4.39 Å². The van der Waals surface area contributed by atoms with E-state index in [1.807, 2.05) is 24.3 Å². The summed E-state index contributed by atoms with van der Waals surface area (Å²) in [5.74, 6) is 0.0584. The Morgan fingerprint density at radius 3 is 2.41 bits per heavy atom. The van der Waals surface area contributed by atoms with Crippen LogP contribution in [0.5, 0.6) is 0 Å². The quantitative estimate of drug-likeness (QED) is 0.830. The van der Waals surface area contributed by atoms with E-state index in [9.17, 15) is 9.18 Å². The molecule has 0 spiro atoms. The fourth-order valence-corrected chi connectivity index (χ4v) is 2.09. The molecule has 1 amide bonds. The Morgan fingerprint density at radius 2 is 1.77 bits per heavy atom. The third-order valence-electron chi connectivity index (χ3n) is 3.40. The highest BCUT2D eigenvalue weighted by atomic mass is 19.1. The van der Waals surface area contributed by atoms with E-state index >= 15 is 0 Å². The van der Waals surface area contributed by atoms with Gasteiger partial charge in [0.2, 0.25) is 5.91 Å². The van der Waals surface area contributed by atoms with Crippen molar-refractivity contribution >= 4 is 17.3 Å². The number of halogens is 1. The third kappa shape index (κ3) is 4.58. The average molecular weight is 300 g/mol. The van der Waals surface area contributed by atoms with Gasteiger partial charge in [0, 0.05) is 18.7 Å². The fourth-order valence-electron chi connectivity index (χ4n) is 2.09. The number of hydrogen-bond donors (Lipinski definition) is 2. The van der Waals surface area contributed by atoms with E-state index in [1.165, 1.54) is 11.6 Å². The van der Waals surface area contributed by atoms with Crippen LogP contribution in [0.1, 0.15) is 31.7 Å². The molecule has 2 N–H and O–H groups in total. The highest BCUT2D eigenvalue weighted by Gasteiger charge is 2.05. The first-order valence-corrected chi connectivity index (χ1v) is 7.44. The molecule has 0 aliphatic carbocycles. The molecule has 2 aromatic carbocycles. The summed E-state index contributed by atoms with van der Waals surface area (Å²) < 4.78 is 13.4. The number of benzene rings is 2. The lowest BCUT2D eigenvalue weighted by Gasteiger charge is -2.09. The summed E-state index contributed by atoms with van der Waals surface area (Å²) in [5.41, 5.74) is 2.43. The van der Waals surface area contributed by atoms with Crippen molar-refractivity contribution in [2.24, 2.45) is 0 Å². The standard InChI is InChI=1S/C18H21FN2O/c1-13(2)14-7-9-15(10-8-14)21-18(22)11-12-20-17-6-4-3-5-16(17)19/h3-10,13,20H,11-12H2,1-2H3,(H,21,22). The van der Waals surface area contributed by atoms with Crippen LogP contribution in [-0.4, -0.2) is 12.5 Å². The van der Waals surface area contributed by atoms with Crippen molar-refractivity contribution in [2.45, 2.75) is 26.2 Å². The molecule has 0 aliphatic rings. The van der Waals surface area contributed by atoms with Crippen LogP contribution < -0.4 is 10.6 Å². The summed E-state index contributed by atoms with van der Waals surface area (Å²) in [7, 11) is 0. The van der Waals surface area contributed by atoms with Gasteiger partial charge < -0.3 is 10.6 Å². The zero-order chi connectivity index (χ0) is 15.9. The SMILES string of the molecule is CC(C)c1ccc(NC(=O)CCNc2ccccc2F)cc1. The first-order valence-electron chi connectivity index (χ1n) is 7.44. The van der Waals surface area contributed by atoms with Gasteiger partial charge in [0.1, 0.15) is 5.82 Å². The highest BCUT2D eigenvalue weighted by Crippen LogP contribution is 2.17. The van der Waals surface area contributed by atoms with Crippen molar-refractivity contribution in [1.29, 1.82) is 0 Å². The van der Waals surface area contributed by atoms with E-state index in [-0.39, 0.29) is 18.1 Å². The predicted octanol–water partition coefficient (Wildman–Crippen LogP) is 4.39. The molecule has 0 heterocycles. The third-order valence-corrected chi connectivity index (χ3v) is 3.40. The second kappa shape index (κ2) is 7.59. The van der Waals surface area contributed by atoms with Crippen LogP contribution in [0.2, 0.25) is 0 Å². The van der Waals surface area contributed by atoms with E-state index in [2.05, 4.69) is 24.5 Å². The predicted molar refractivity (Wildman–Crippen MR) is 88.7 cm³/mol. The Kier molecular flexibility index (Phi) is 5.53. The minimum atomic E-state index is -0.313. The molecule has 3 nitrogen and oxygen atoms in total. The number of rotatable bonds is 6. The molecular weight excluding hydrogens is 279 g/mol. The number of nitrogens with one attached hydrogen (secondary N) is 2. The van der Waals surface area contributed by atoms with Crippen molar-refractivity contribution in [2.75, 3.05) is 17.2 Å². The maximum absolute atomic E-state index is 13.4. The summed E-state index contributed by atoms with van der Waals surface area (Å²) in [4.78, 5) is 11.9. The zero-order valence-electron chi connectivity index (χ0n) is 12.9. The van der Waals surface area contributed by atoms with E-state index in [0.29, 0.717) is 18.2 Å². The van der Waals surface area contributed by atoms with Crippen LogP contribution >= 0.6 is 0 Å². The summed E-state index contributed by atoms with van der Waals surface area (Å²) in [6, 6.07) is 14.2. The summed E-state index contributed by atoms with van der Waals surface area (Å²) in [6.07, 6.45) is 0.278. The monoisotopic (exact) mass is 300 g/mol. The number of para-hydroxylation sites is 1. The van der Waals surface area contributed by atoms with Gasteiger partial charge in [-0.15, -0.1) is 0 Å². The Bertz CT molecular complexity index is 623. The zero-order valence-corrected chi connectivity index (χ0v) is 12.9. The number of carbonyl (C=O) groups excluding carboxylic acids is 1. The minimum Gasteiger partial charge on any atom is -0.382 e. The molecule has 2 rings (SSSR count). The molecule has 0 radical (unpaired) electrons. The van der Waals surface area contributed by atoms with E-state index in [1.54, 1.807) is 18.2 Å². The van der Waals surface area contributed by atoms with Gasteiger partial charge >= 0.3 is 0 Å². The Labute approximate surface area is 130 Å². The molecule has 4 heteroatoms. The van der Waals surface area contributed by atoms with Gasteiger partial charge in [0.05, 0.1) is 5.69 Å².